The third-order valence-electron chi connectivity index (χ3n) is 1.25. The molecule has 0 heterocycles. The second-order valence-corrected chi connectivity index (χ2v) is 2.31. The summed E-state index contributed by atoms with van der Waals surface area (Å²) in [5, 5.41) is 13.4. The molecular weight excluding hydrogens is 162 g/mol. The van der Waals surface area contributed by atoms with Crippen molar-refractivity contribution in [1.82, 2.24) is 10.6 Å². The van der Waals surface area contributed by atoms with Gasteiger partial charge in [-0.1, -0.05) is 0 Å². The van der Waals surface area contributed by atoms with E-state index < -0.39 is 18.0 Å². The summed E-state index contributed by atoms with van der Waals surface area (Å²) in [5.74, 6) is -0.922. The number of nitrogens with two attached hydrogens (primary N) is 1. The van der Waals surface area contributed by atoms with E-state index >= 15 is 0 Å². The minimum Gasteiger partial charge on any atom is -0.480 e. The van der Waals surface area contributed by atoms with Crippen LogP contribution in [0.3, 0.4) is 0 Å². The van der Waals surface area contributed by atoms with Gasteiger partial charge in [0, 0.05) is 13.1 Å². The Bertz CT molecular complexity index is 171. The Hall–Kier alpha value is -1.30. The van der Waals surface area contributed by atoms with Gasteiger partial charge < -0.3 is 21.5 Å². The highest BCUT2D eigenvalue weighted by Crippen LogP contribution is 1.78. The molecule has 0 aliphatic heterocycles. The lowest BCUT2D eigenvalue weighted by molar-refractivity contribution is -0.138. The van der Waals surface area contributed by atoms with Crippen LogP contribution in [-0.4, -0.2) is 36.2 Å². The Balaban J connectivity index is 3.31. The lowest BCUT2D eigenvalue weighted by Crippen LogP contribution is -2.40. The molecule has 0 aromatic carbocycles. The Kier molecular flexibility index (Phi) is 4.78. The summed E-state index contributed by atoms with van der Waals surface area (Å²) in [4.78, 5) is 20.4. The molecule has 0 saturated heterocycles. The van der Waals surface area contributed by atoms with Gasteiger partial charge in [0.25, 0.3) is 0 Å². The molecule has 0 rings (SSSR count). The zero-order valence-electron chi connectivity index (χ0n) is 6.83. The molecule has 0 bridgehead atoms. The highest BCUT2D eigenvalue weighted by atomic mass is 16.4. The van der Waals surface area contributed by atoms with E-state index in [1.54, 1.807) is 0 Å². The van der Waals surface area contributed by atoms with E-state index in [0.717, 1.165) is 0 Å². The number of hydrogen-bond donors (Lipinski definition) is 4. The van der Waals surface area contributed by atoms with E-state index in [1.807, 2.05) is 0 Å². The van der Waals surface area contributed by atoms with Crippen molar-refractivity contribution >= 4 is 12.0 Å². The summed E-state index contributed by atoms with van der Waals surface area (Å²) in [7, 11) is 0. The van der Waals surface area contributed by atoms with E-state index in [9.17, 15) is 9.59 Å². The molecule has 0 spiro atoms. The summed E-state index contributed by atoms with van der Waals surface area (Å²) >= 11 is 0. The topological polar surface area (TPSA) is 104 Å². The molecule has 70 valence electrons. The first-order valence-electron chi connectivity index (χ1n) is 3.53. The molecule has 0 saturated carbocycles. The molecule has 0 aliphatic carbocycles. The maximum Gasteiger partial charge on any atom is 0.320 e. The predicted molar refractivity (Wildman–Crippen MR) is 42.7 cm³/mol. The zero-order chi connectivity index (χ0) is 9.56. The molecule has 5 N–H and O–H groups in total. The molecule has 12 heavy (non-hydrogen) atoms. The Morgan fingerprint density at radius 2 is 2.08 bits per heavy atom. The lowest BCUT2D eigenvalue weighted by Gasteiger charge is -2.08. The van der Waals surface area contributed by atoms with Gasteiger partial charge >= 0.3 is 12.0 Å². The van der Waals surface area contributed by atoms with Crippen molar-refractivity contribution in [1.29, 1.82) is 0 Å². The number of nitrogens with one attached hydrogen (secondary N) is 2. The fourth-order valence-corrected chi connectivity index (χ4v) is 0.562. The maximum atomic E-state index is 10.3. The molecule has 1 unspecified atom stereocenters. The molecule has 0 aromatic rings. The van der Waals surface area contributed by atoms with E-state index in [-0.39, 0.29) is 0 Å². The van der Waals surface area contributed by atoms with Crippen LogP contribution in [0, 0.1) is 0 Å². The van der Waals surface area contributed by atoms with Crippen LogP contribution in [-0.2, 0) is 4.79 Å². The molecule has 6 nitrogen and oxygen atoms in total. The van der Waals surface area contributed by atoms with Crippen LogP contribution in [0.5, 0.6) is 0 Å². The molecule has 2 amide bonds. The normalized spacial score (nSPS) is 12.1. The number of amides is 2. The SMILES string of the molecule is CC(NCCNC(N)=O)C(=O)O. The number of primary amides is 1. The molecule has 0 aliphatic rings. The molecule has 6 heteroatoms. The fourth-order valence-electron chi connectivity index (χ4n) is 0.562. The monoisotopic (exact) mass is 175 g/mol. The number of rotatable bonds is 5. The molecule has 1 atom stereocenters. The first kappa shape index (κ1) is 10.7. The van der Waals surface area contributed by atoms with E-state index in [4.69, 9.17) is 10.8 Å². The first-order chi connectivity index (χ1) is 5.54. The van der Waals surface area contributed by atoms with Crippen LogP contribution in [0.4, 0.5) is 4.79 Å². The number of carbonyl (C=O) groups is 2. The number of aliphatic carboxylic acids is 1. The van der Waals surface area contributed by atoms with Gasteiger partial charge in [-0.05, 0) is 6.92 Å². The van der Waals surface area contributed by atoms with Crippen LogP contribution in [0.15, 0.2) is 0 Å². The van der Waals surface area contributed by atoms with Gasteiger partial charge in [-0.25, -0.2) is 4.79 Å². The number of urea groups is 1. The molecule has 0 radical (unpaired) electrons. The summed E-state index contributed by atoms with van der Waals surface area (Å²) < 4.78 is 0. The molecule has 0 aromatic heterocycles. The largest absolute Gasteiger partial charge is 0.480 e. The van der Waals surface area contributed by atoms with Crippen molar-refractivity contribution in [2.24, 2.45) is 5.73 Å². The number of hydrogen-bond acceptors (Lipinski definition) is 3. The van der Waals surface area contributed by atoms with Gasteiger partial charge in [0.15, 0.2) is 0 Å². The van der Waals surface area contributed by atoms with Crippen molar-refractivity contribution in [2.75, 3.05) is 13.1 Å². The van der Waals surface area contributed by atoms with Gasteiger partial charge in [0.1, 0.15) is 6.04 Å². The smallest absolute Gasteiger partial charge is 0.320 e. The third kappa shape index (κ3) is 5.48. The predicted octanol–water partition coefficient (Wildman–Crippen LogP) is -1.28. The average molecular weight is 175 g/mol. The van der Waals surface area contributed by atoms with Gasteiger partial charge in [-0.2, -0.15) is 0 Å². The van der Waals surface area contributed by atoms with Crippen LogP contribution in [0.2, 0.25) is 0 Å². The fraction of sp³-hybridized carbons (Fsp3) is 0.667. The van der Waals surface area contributed by atoms with Crippen LogP contribution >= 0.6 is 0 Å². The molecule has 0 fully saturated rings. The second-order valence-electron chi connectivity index (χ2n) is 2.31. The van der Waals surface area contributed by atoms with Gasteiger partial charge in [-0.3, -0.25) is 4.79 Å². The summed E-state index contributed by atoms with van der Waals surface area (Å²) in [6.07, 6.45) is 0. The summed E-state index contributed by atoms with van der Waals surface area (Å²) in [6.45, 7) is 2.23. The van der Waals surface area contributed by atoms with Crippen LogP contribution in [0.1, 0.15) is 6.92 Å². The highest BCUT2D eigenvalue weighted by Gasteiger charge is 2.07. The Morgan fingerprint density at radius 1 is 1.50 bits per heavy atom. The van der Waals surface area contributed by atoms with E-state index in [1.165, 1.54) is 6.92 Å². The van der Waals surface area contributed by atoms with Crippen LogP contribution in [0.25, 0.3) is 0 Å². The molecular formula is C6H13N3O3. The Labute approximate surface area is 70.1 Å². The standard InChI is InChI=1S/C6H13N3O3/c1-4(5(10)11)8-2-3-9-6(7)12/h4,8H,2-3H2,1H3,(H,10,11)(H3,7,9,12). The second kappa shape index (κ2) is 5.36. The van der Waals surface area contributed by atoms with E-state index in [2.05, 4.69) is 10.6 Å². The van der Waals surface area contributed by atoms with Gasteiger partial charge in [0.05, 0.1) is 0 Å². The van der Waals surface area contributed by atoms with E-state index in [0.29, 0.717) is 13.1 Å². The minimum atomic E-state index is -0.922. The van der Waals surface area contributed by atoms with Crippen molar-refractivity contribution in [3.8, 4) is 0 Å². The van der Waals surface area contributed by atoms with Crippen molar-refractivity contribution in [2.45, 2.75) is 13.0 Å². The summed E-state index contributed by atoms with van der Waals surface area (Å²) in [6, 6.07) is -1.22. The maximum absolute atomic E-state index is 10.3. The zero-order valence-corrected chi connectivity index (χ0v) is 6.83. The summed E-state index contributed by atoms with van der Waals surface area (Å²) in [5.41, 5.74) is 4.77. The minimum absolute atomic E-state index is 0.326. The third-order valence-corrected chi connectivity index (χ3v) is 1.25. The van der Waals surface area contributed by atoms with Crippen molar-refractivity contribution in [3.63, 3.8) is 0 Å². The quantitative estimate of drug-likeness (QED) is 0.390. The highest BCUT2D eigenvalue weighted by molar-refractivity contribution is 5.73. The average Bonchev–Trinajstić information content (AvgIpc) is 1.97. The number of carbonyl (C=O) groups excluding carboxylic acids is 1. The van der Waals surface area contributed by atoms with Gasteiger partial charge in [-0.15, -0.1) is 0 Å². The number of carboxylic acid groups (broad SMARTS) is 1. The Morgan fingerprint density at radius 3 is 2.50 bits per heavy atom. The first-order valence-corrected chi connectivity index (χ1v) is 3.53. The van der Waals surface area contributed by atoms with Crippen molar-refractivity contribution < 1.29 is 14.7 Å². The lowest BCUT2D eigenvalue weighted by atomic mass is 10.3. The van der Waals surface area contributed by atoms with Gasteiger partial charge in [0.2, 0.25) is 0 Å². The number of carboxylic acids is 1. The van der Waals surface area contributed by atoms with Crippen molar-refractivity contribution in [3.05, 3.63) is 0 Å². The van der Waals surface area contributed by atoms with Crippen LogP contribution < -0.4 is 16.4 Å².